The highest BCUT2D eigenvalue weighted by Crippen LogP contribution is 2.42. The van der Waals surface area contributed by atoms with Gasteiger partial charge in [0.1, 0.15) is 23.8 Å². The maximum Gasteiger partial charge on any atom is 0.250 e. The molecule has 0 bridgehead atoms. The number of aliphatic hydroxyl groups excluding tert-OH is 1. The van der Waals surface area contributed by atoms with Crippen LogP contribution in [0.2, 0.25) is 0 Å². The van der Waals surface area contributed by atoms with Gasteiger partial charge in [-0.3, -0.25) is 4.79 Å². The lowest BCUT2D eigenvalue weighted by molar-refractivity contribution is -0.199. The molecule has 2 aromatic carbocycles. The molecule has 3 rings (SSSR count). The van der Waals surface area contributed by atoms with Gasteiger partial charge in [-0.05, 0) is 68.2 Å². The first-order chi connectivity index (χ1) is 22.0. The summed E-state index contributed by atoms with van der Waals surface area (Å²) >= 11 is 0. The van der Waals surface area contributed by atoms with E-state index >= 15 is 0 Å². The van der Waals surface area contributed by atoms with Crippen molar-refractivity contribution in [1.82, 2.24) is 5.32 Å². The molecule has 2 unspecified atom stereocenters. The van der Waals surface area contributed by atoms with Crippen molar-refractivity contribution in [3.8, 4) is 11.5 Å². The Balaban J connectivity index is 1.61. The number of rotatable bonds is 18. The van der Waals surface area contributed by atoms with Crippen LogP contribution in [0.4, 0.5) is 0 Å². The maximum atomic E-state index is 12.8. The standard InChI is InChI=1S/C37H57NO8/c1-24-29(25(2)32(43-7)23-31(24)42-6)17-13-16-27(41-5)20-34-37(3,4)33(44-8)21-28(46-34)22-35(45-9)38-36(40)30(39)19-18-26-14-11-10-12-15-26/h10-12,14-15,23,27-28,30,33-35,39H,13,16-22H2,1-9H3,(H,38,40)/t27-,28+,30+,33?,34?,35+/m1/s1. The molecule has 1 aliphatic rings. The van der Waals surface area contributed by atoms with Crippen molar-refractivity contribution < 1.29 is 38.3 Å². The molecule has 0 saturated carbocycles. The quantitative estimate of drug-likeness (QED) is 0.199. The fraction of sp³-hybridized carbons (Fsp3) is 0.649. The minimum atomic E-state index is -1.13. The summed E-state index contributed by atoms with van der Waals surface area (Å²) < 4.78 is 35.5. The van der Waals surface area contributed by atoms with Gasteiger partial charge in [0.2, 0.25) is 0 Å². The van der Waals surface area contributed by atoms with E-state index in [0.29, 0.717) is 32.1 Å². The molecule has 0 radical (unpaired) electrons. The molecule has 6 atom stereocenters. The summed E-state index contributed by atoms with van der Waals surface area (Å²) in [5, 5.41) is 13.4. The van der Waals surface area contributed by atoms with Gasteiger partial charge in [-0.1, -0.05) is 44.2 Å². The van der Waals surface area contributed by atoms with Gasteiger partial charge in [0, 0.05) is 52.1 Å². The molecule has 1 heterocycles. The topological polar surface area (TPSA) is 105 Å². The monoisotopic (exact) mass is 643 g/mol. The molecule has 9 heteroatoms. The molecule has 258 valence electrons. The average molecular weight is 644 g/mol. The maximum absolute atomic E-state index is 12.8. The molecule has 2 aromatic rings. The van der Waals surface area contributed by atoms with Crippen molar-refractivity contribution in [3.05, 3.63) is 58.7 Å². The zero-order valence-corrected chi connectivity index (χ0v) is 29.4. The highest BCUT2D eigenvalue weighted by Gasteiger charge is 2.46. The third-order valence-electron chi connectivity index (χ3n) is 9.80. The Morgan fingerprint density at radius 3 is 2.17 bits per heavy atom. The van der Waals surface area contributed by atoms with E-state index in [0.717, 1.165) is 47.5 Å². The van der Waals surface area contributed by atoms with Crippen molar-refractivity contribution in [2.75, 3.05) is 35.5 Å². The summed E-state index contributed by atoms with van der Waals surface area (Å²) in [6.07, 6.45) is 3.31. The number of nitrogens with one attached hydrogen (secondary N) is 1. The van der Waals surface area contributed by atoms with Gasteiger partial charge in [0.05, 0.1) is 38.6 Å². The molecule has 0 aromatic heterocycles. The number of benzene rings is 2. The molecule has 46 heavy (non-hydrogen) atoms. The number of aryl methyl sites for hydroxylation is 1. The second-order valence-corrected chi connectivity index (χ2v) is 13.0. The molecular formula is C37H57NO8. The van der Waals surface area contributed by atoms with E-state index in [4.69, 9.17) is 28.4 Å². The molecule has 1 amide bonds. The van der Waals surface area contributed by atoms with Crippen LogP contribution in [0, 0.1) is 19.3 Å². The number of aliphatic hydroxyl groups is 1. The van der Waals surface area contributed by atoms with Crippen molar-refractivity contribution in [3.63, 3.8) is 0 Å². The van der Waals surface area contributed by atoms with Crippen molar-refractivity contribution in [1.29, 1.82) is 0 Å². The zero-order chi connectivity index (χ0) is 33.9. The first-order valence-corrected chi connectivity index (χ1v) is 16.5. The van der Waals surface area contributed by atoms with Gasteiger partial charge in [0.15, 0.2) is 0 Å². The Bertz CT molecular complexity index is 1190. The highest BCUT2D eigenvalue weighted by atomic mass is 16.5. The van der Waals surface area contributed by atoms with Crippen molar-refractivity contribution >= 4 is 5.91 Å². The second kappa shape index (κ2) is 18.0. The molecule has 1 fully saturated rings. The van der Waals surface area contributed by atoms with Crippen molar-refractivity contribution in [2.24, 2.45) is 5.41 Å². The Labute approximate surface area is 276 Å². The number of carbonyl (C=O) groups excluding carboxylic acids is 1. The number of carbonyl (C=O) groups is 1. The van der Waals surface area contributed by atoms with E-state index in [9.17, 15) is 9.90 Å². The number of ether oxygens (including phenoxy) is 6. The minimum Gasteiger partial charge on any atom is -0.496 e. The number of amides is 1. The Morgan fingerprint density at radius 1 is 0.957 bits per heavy atom. The number of methoxy groups -OCH3 is 5. The number of hydrogen-bond acceptors (Lipinski definition) is 8. The van der Waals surface area contributed by atoms with Crippen LogP contribution in [0.3, 0.4) is 0 Å². The predicted octanol–water partition coefficient (Wildman–Crippen LogP) is 5.72. The SMILES string of the molecule is COc1cc(OC)c(C)c(CCC[C@H](CC2O[C@H](C[C@@H](NC(=O)[C@@H](O)CCc3ccccc3)OC)CC(OC)C2(C)C)OC)c1C. The van der Waals surface area contributed by atoms with Crippen LogP contribution in [-0.4, -0.2) is 83.3 Å². The molecule has 1 saturated heterocycles. The van der Waals surface area contributed by atoms with Crippen LogP contribution >= 0.6 is 0 Å². The largest absolute Gasteiger partial charge is 0.496 e. The van der Waals surface area contributed by atoms with Gasteiger partial charge in [-0.2, -0.15) is 0 Å². The summed E-state index contributed by atoms with van der Waals surface area (Å²) in [4.78, 5) is 12.8. The third kappa shape index (κ3) is 9.91. The van der Waals surface area contributed by atoms with Gasteiger partial charge in [-0.15, -0.1) is 0 Å². The van der Waals surface area contributed by atoms with Gasteiger partial charge in [0.25, 0.3) is 5.91 Å². The molecule has 1 aliphatic heterocycles. The lowest BCUT2D eigenvalue weighted by atomic mass is 9.73. The van der Waals surface area contributed by atoms with Gasteiger partial charge in [-0.25, -0.2) is 0 Å². The Kier molecular flexibility index (Phi) is 14.8. The summed E-state index contributed by atoms with van der Waals surface area (Å²) in [6.45, 7) is 8.56. The first kappa shape index (κ1) is 37.8. The van der Waals surface area contributed by atoms with Crippen LogP contribution < -0.4 is 14.8 Å². The van der Waals surface area contributed by atoms with Gasteiger partial charge >= 0.3 is 0 Å². The smallest absolute Gasteiger partial charge is 0.250 e. The van der Waals surface area contributed by atoms with Crippen LogP contribution in [0.15, 0.2) is 36.4 Å². The number of hydrogen-bond donors (Lipinski definition) is 2. The van der Waals surface area contributed by atoms with Crippen LogP contribution in [-0.2, 0) is 36.6 Å². The molecule has 2 N–H and O–H groups in total. The zero-order valence-electron chi connectivity index (χ0n) is 29.4. The molecule has 0 spiro atoms. The summed E-state index contributed by atoms with van der Waals surface area (Å²) in [5.74, 6) is 1.22. The van der Waals surface area contributed by atoms with Gasteiger partial charge < -0.3 is 38.8 Å². The Hall–Kier alpha value is -2.69. The predicted molar refractivity (Wildman–Crippen MR) is 180 cm³/mol. The first-order valence-electron chi connectivity index (χ1n) is 16.5. The molecule has 9 nitrogen and oxygen atoms in total. The summed E-state index contributed by atoms with van der Waals surface area (Å²) in [7, 11) is 8.44. The second-order valence-electron chi connectivity index (χ2n) is 13.0. The van der Waals surface area contributed by atoms with E-state index in [1.807, 2.05) is 36.4 Å². The van der Waals surface area contributed by atoms with E-state index in [-0.39, 0.29) is 29.8 Å². The van der Waals surface area contributed by atoms with E-state index in [1.54, 1.807) is 35.5 Å². The van der Waals surface area contributed by atoms with E-state index in [1.165, 1.54) is 5.56 Å². The highest BCUT2D eigenvalue weighted by molar-refractivity contribution is 5.80. The minimum absolute atomic E-state index is 0.00802. The fourth-order valence-electron chi connectivity index (χ4n) is 6.70. The molecule has 0 aliphatic carbocycles. The summed E-state index contributed by atoms with van der Waals surface area (Å²) in [6, 6.07) is 11.8. The lowest BCUT2D eigenvalue weighted by Gasteiger charge is -2.48. The van der Waals surface area contributed by atoms with Crippen molar-refractivity contribution in [2.45, 2.75) is 116 Å². The summed E-state index contributed by atoms with van der Waals surface area (Å²) in [5.41, 5.74) is 4.35. The fourth-order valence-corrected chi connectivity index (χ4v) is 6.70. The van der Waals surface area contributed by atoms with E-state index in [2.05, 4.69) is 33.0 Å². The normalized spacial score (nSPS) is 21.3. The van der Waals surface area contributed by atoms with E-state index < -0.39 is 18.2 Å². The third-order valence-corrected chi connectivity index (χ3v) is 9.80. The van der Waals surface area contributed by atoms with Crippen LogP contribution in [0.25, 0.3) is 0 Å². The molecular weight excluding hydrogens is 586 g/mol. The lowest BCUT2D eigenvalue weighted by Crippen LogP contribution is -2.54. The van der Waals surface area contributed by atoms with Crippen LogP contribution in [0.1, 0.15) is 74.6 Å². The average Bonchev–Trinajstić information content (AvgIpc) is 3.05. The Morgan fingerprint density at radius 2 is 1.61 bits per heavy atom. The van der Waals surface area contributed by atoms with Crippen LogP contribution in [0.5, 0.6) is 11.5 Å².